The largest absolute Gasteiger partial charge is 0.416 e. The summed E-state index contributed by atoms with van der Waals surface area (Å²) in [6.45, 7) is 5.44. The van der Waals surface area contributed by atoms with Crippen molar-refractivity contribution in [2.45, 2.75) is 25.4 Å². The first-order valence-corrected chi connectivity index (χ1v) is 8.00. The van der Waals surface area contributed by atoms with Crippen molar-refractivity contribution in [3.63, 3.8) is 0 Å². The number of amides is 1. The normalized spacial score (nSPS) is 24.4. The highest BCUT2D eigenvalue weighted by Crippen LogP contribution is 2.31. The number of fused-ring (bicyclic) bond motifs is 1. The molecule has 2 aliphatic rings. The molecule has 1 aromatic rings. The van der Waals surface area contributed by atoms with Gasteiger partial charge in [0.25, 0.3) is 0 Å². The van der Waals surface area contributed by atoms with E-state index in [-0.39, 0.29) is 24.2 Å². The molecule has 0 bridgehead atoms. The number of nitrogens with one attached hydrogen (secondary N) is 1. The van der Waals surface area contributed by atoms with Crippen LogP contribution in [0.4, 0.5) is 13.2 Å². The van der Waals surface area contributed by atoms with Crippen LogP contribution in [0.5, 0.6) is 0 Å². The Bertz CT molecular complexity index is 564. The zero-order valence-corrected chi connectivity index (χ0v) is 14.3. The third-order valence-corrected chi connectivity index (χ3v) is 5.03. The van der Waals surface area contributed by atoms with Gasteiger partial charge < -0.3 is 10.2 Å². The van der Waals surface area contributed by atoms with Gasteiger partial charge in [0.15, 0.2) is 0 Å². The van der Waals surface area contributed by atoms with E-state index in [9.17, 15) is 18.0 Å². The molecule has 7 heteroatoms. The second-order valence-electron chi connectivity index (χ2n) is 6.70. The highest BCUT2D eigenvalue weighted by atomic mass is 35.5. The molecule has 0 saturated carbocycles. The summed E-state index contributed by atoms with van der Waals surface area (Å²) < 4.78 is 37.7. The van der Waals surface area contributed by atoms with Gasteiger partial charge in [-0.05, 0) is 35.4 Å². The topological polar surface area (TPSA) is 32.3 Å². The van der Waals surface area contributed by atoms with Crippen LogP contribution in [0.2, 0.25) is 0 Å². The average molecular weight is 363 g/mol. The van der Waals surface area contributed by atoms with Gasteiger partial charge in [-0.15, -0.1) is 12.4 Å². The molecule has 2 aliphatic heterocycles. The van der Waals surface area contributed by atoms with Crippen molar-refractivity contribution in [2.75, 3.05) is 26.2 Å². The Labute approximate surface area is 146 Å². The van der Waals surface area contributed by atoms with Gasteiger partial charge >= 0.3 is 6.18 Å². The van der Waals surface area contributed by atoms with E-state index in [4.69, 9.17) is 0 Å². The molecule has 3 nitrogen and oxygen atoms in total. The van der Waals surface area contributed by atoms with Gasteiger partial charge in [0, 0.05) is 32.6 Å². The van der Waals surface area contributed by atoms with Crippen molar-refractivity contribution >= 4 is 18.3 Å². The molecule has 0 aliphatic carbocycles. The Kier molecular flexibility index (Phi) is 5.81. The van der Waals surface area contributed by atoms with Gasteiger partial charge in [-0.3, -0.25) is 4.79 Å². The van der Waals surface area contributed by atoms with Crippen molar-refractivity contribution in [3.8, 4) is 0 Å². The number of benzene rings is 1. The van der Waals surface area contributed by atoms with Crippen LogP contribution in [0.15, 0.2) is 24.3 Å². The lowest BCUT2D eigenvalue weighted by atomic mass is 9.96. The molecule has 2 heterocycles. The second kappa shape index (κ2) is 7.31. The van der Waals surface area contributed by atoms with E-state index in [0.717, 1.165) is 43.9 Å². The molecule has 1 N–H and O–H groups in total. The maximum atomic E-state index is 12.6. The third kappa shape index (κ3) is 4.03. The van der Waals surface area contributed by atoms with Crippen LogP contribution in [0.25, 0.3) is 0 Å². The van der Waals surface area contributed by atoms with Crippen LogP contribution in [0.1, 0.15) is 30.4 Å². The van der Waals surface area contributed by atoms with Crippen LogP contribution in [-0.4, -0.2) is 37.0 Å². The maximum Gasteiger partial charge on any atom is 0.416 e. The third-order valence-electron chi connectivity index (χ3n) is 5.03. The fraction of sp³-hybridized carbons (Fsp3) is 0.588. The van der Waals surface area contributed by atoms with E-state index in [0.29, 0.717) is 18.3 Å². The highest BCUT2D eigenvalue weighted by Gasteiger charge is 2.38. The van der Waals surface area contributed by atoms with Gasteiger partial charge in [0.05, 0.1) is 5.56 Å². The smallest absolute Gasteiger partial charge is 0.342 e. The van der Waals surface area contributed by atoms with Crippen LogP contribution >= 0.6 is 12.4 Å². The Hall–Kier alpha value is -1.27. The minimum absolute atomic E-state index is 0. The van der Waals surface area contributed by atoms with Crippen molar-refractivity contribution in [1.82, 2.24) is 10.2 Å². The molecule has 0 radical (unpaired) electrons. The van der Waals surface area contributed by atoms with E-state index < -0.39 is 11.7 Å². The Morgan fingerprint density at radius 3 is 2.25 bits per heavy atom. The Morgan fingerprint density at radius 2 is 1.75 bits per heavy atom. The molecule has 2 fully saturated rings. The van der Waals surface area contributed by atoms with Gasteiger partial charge in [-0.2, -0.15) is 13.2 Å². The van der Waals surface area contributed by atoms with Gasteiger partial charge in [0.1, 0.15) is 0 Å². The van der Waals surface area contributed by atoms with Gasteiger partial charge in [0.2, 0.25) is 5.91 Å². The summed E-state index contributed by atoms with van der Waals surface area (Å²) >= 11 is 0. The number of likely N-dealkylation sites (tertiary alicyclic amines) is 1. The van der Waals surface area contributed by atoms with Crippen LogP contribution in [0.3, 0.4) is 0 Å². The predicted molar refractivity (Wildman–Crippen MR) is 88.2 cm³/mol. The quantitative estimate of drug-likeness (QED) is 0.894. The number of nitrogens with zero attached hydrogens (tertiary/aromatic N) is 1. The molecule has 24 heavy (non-hydrogen) atoms. The standard InChI is InChI=1S/C17H21F3N2O.ClH/c1-11(12-2-4-15(5-3-12)17(18,19)20)6-16(23)22-9-13-7-21-8-14(13)10-22;/h2-5,11,13-14,21H,6-10H2,1H3;1H/t11?,13-,14+;. The fourth-order valence-electron chi connectivity index (χ4n) is 3.57. The average Bonchev–Trinajstić information content (AvgIpc) is 3.07. The zero-order chi connectivity index (χ0) is 16.6. The molecule has 0 aromatic heterocycles. The maximum absolute atomic E-state index is 12.6. The molecule has 3 atom stereocenters. The van der Waals surface area contributed by atoms with Crippen molar-refractivity contribution < 1.29 is 18.0 Å². The van der Waals surface area contributed by atoms with Crippen LogP contribution in [0, 0.1) is 11.8 Å². The van der Waals surface area contributed by atoms with Crippen molar-refractivity contribution in [3.05, 3.63) is 35.4 Å². The number of hydrogen-bond acceptors (Lipinski definition) is 2. The van der Waals surface area contributed by atoms with Gasteiger partial charge in [-0.25, -0.2) is 0 Å². The number of carbonyl (C=O) groups is 1. The number of alkyl halides is 3. The van der Waals surface area contributed by atoms with Crippen LogP contribution in [-0.2, 0) is 11.0 Å². The molecular formula is C17H22ClF3N2O. The first-order chi connectivity index (χ1) is 10.8. The number of carbonyl (C=O) groups excluding carboxylic acids is 1. The number of rotatable bonds is 3. The molecule has 0 spiro atoms. The van der Waals surface area contributed by atoms with E-state index in [1.165, 1.54) is 12.1 Å². The van der Waals surface area contributed by atoms with Crippen LogP contribution < -0.4 is 5.32 Å². The fourth-order valence-corrected chi connectivity index (χ4v) is 3.57. The molecule has 1 amide bonds. The highest BCUT2D eigenvalue weighted by molar-refractivity contribution is 5.85. The summed E-state index contributed by atoms with van der Waals surface area (Å²) in [5, 5.41) is 3.34. The molecule has 1 aromatic carbocycles. The lowest BCUT2D eigenvalue weighted by Crippen LogP contribution is -2.32. The van der Waals surface area contributed by atoms with E-state index >= 15 is 0 Å². The minimum atomic E-state index is -4.32. The molecule has 3 rings (SSSR count). The first kappa shape index (κ1) is 19.1. The monoisotopic (exact) mass is 362 g/mol. The zero-order valence-electron chi connectivity index (χ0n) is 13.5. The summed E-state index contributed by atoms with van der Waals surface area (Å²) in [6.07, 6.45) is -3.98. The van der Waals surface area contributed by atoms with E-state index in [2.05, 4.69) is 5.32 Å². The Morgan fingerprint density at radius 1 is 1.21 bits per heavy atom. The number of halogens is 4. The number of hydrogen-bond donors (Lipinski definition) is 1. The summed E-state index contributed by atoms with van der Waals surface area (Å²) in [7, 11) is 0. The summed E-state index contributed by atoms with van der Waals surface area (Å²) in [5.74, 6) is 1.13. The van der Waals surface area contributed by atoms with E-state index in [1.807, 2.05) is 11.8 Å². The van der Waals surface area contributed by atoms with E-state index in [1.54, 1.807) is 0 Å². The minimum Gasteiger partial charge on any atom is -0.342 e. The molecule has 1 unspecified atom stereocenters. The summed E-state index contributed by atoms with van der Waals surface area (Å²) in [5.41, 5.74) is 0.118. The molecule has 2 saturated heterocycles. The summed E-state index contributed by atoms with van der Waals surface area (Å²) in [6, 6.07) is 5.12. The lowest BCUT2D eigenvalue weighted by Gasteiger charge is -2.20. The predicted octanol–water partition coefficient (Wildman–Crippen LogP) is 3.30. The summed E-state index contributed by atoms with van der Waals surface area (Å²) in [4.78, 5) is 14.3. The SMILES string of the molecule is CC(CC(=O)N1C[C@H]2CNC[C@H]2C1)c1ccc(C(F)(F)F)cc1.Cl. The first-order valence-electron chi connectivity index (χ1n) is 8.00. The molecule has 134 valence electrons. The Balaban J connectivity index is 0.00000208. The second-order valence-corrected chi connectivity index (χ2v) is 6.70. The van der Waals surface area contributed by atoms with Crippen molar-refractivity contribution in [1.29, 1.82) is 0 Å². The van der Waals surface area contributed by atoms with Gasteiger partial charge in [-0.1, -0.05) is 19.1 Å². The molecular weight excluding hydrogens is 341 g/mol. The van der Waals surface area contributed by atoms with Crippen molar-refractivity contribution in [2.24, 2.45) is 11.8 Å². The lowest BCUT2D eigenvalue weighted by molar-refractivity contribution is -0.137.